The molecule has 1 aromatic heterocycles. The largest absolute Gasteiger partial charge is 0.410 e. The number of amides is 3. The summed E-state index contributed by atoms with van der Waals surface area (Å²) < 4.78 is 65.8. The highest BCUT2D eigenvalue weighted by atomic mass is 19.4. The zero-order chi connectivity index (χ0) is 23.9. The van der Waals surface area contributed by atoms with Gasteiger partial charge in [-0.3, -0.25) is 4.79 Å². The summed E-state index contributed by atoms with van der Waals surface area (Å²) in [7, 11) is 0. The van der Waals surface area contributed by atoms with Gasteiger partial charge in [0.15, 0.2) is 0 Å². The van der Waals surface area contributed by atoms with Crippen molar-refractivity contribution in [1.82, 2.24) is 15.2 Å². The number of nitrogens with one attached hydrogen (secondary N) is 2. The Bertz CT molecular complexity index is 866. The lowest BCUT2D eigenvalue weighted by Crippen LogP contribution is -2.45. The number of hydrogen-bond donors (Lipinski definition) is 3. The minimum atomic E-state index is -4.57. The highest BCUT2D eigenvalue weighted by Gasteiger charge is 2.50. The predicted molar refractivity (Wildman–Crippen MR) is 106 cm³/mol. The van der Waals surface area contributed by atoms with E-state index >= 15 is 0 Å². The van der Waals surface area contributed by atoms with E-state index in [0.29, 0.717) is 5.56 Å². The fraction of sp³-hybridized carbons (Fsp3) is 0.650. The van der Waals surface area contributed by atoms with Crippen molar-refractivity contribution in [3.8, 4) is 0 Å². The normalized spacial score (nSPS) is 23.1. The number of aromatic nitrogens is 1. The molecule has 12 heteroatoms. The molecule has 0 unspecified atom stereocenters. The topological polar surface area (TPSA) is 100 Å². The monoisotopic (exact) mass is 463 g/mol. The number of halogens is 5. The van der Waals surface area contributed by atoms with Crippen molar-refractivity contribution in [3.63, 3.8) is 0 Å². The summed E-state index contributed by atoms with van der Waals surface area (Å²) in [6.07, 6.45) is -3.60. The molecule has 2 fully saturated rings. The van der Waals surface area contributed by atoms with Crippen LogP contribution in [0.4, 0.5) is 32.6 Å². The molecule has 1 saturated heterocycles. The van der Waals surface area contributed by atoms with Crippen LogP contribution >= 0.6 is 0 Å². The van der Waals surface area contributed by atoms with Crippen LogP contribution in [0.1, 0.15) is 45.1 Å². The van der Waals surface area contributed by atoms with E-state index in [2.05, 4.69) is 10.3 Å². The van der Waals surface area contributed by atoms with Crippen molar-refractivity contribution in [1.29, 1.82) is 0 Å². The van der Waals surface area contributed by atoms with Gasteiger partial charge >= 0.3 is 12.2 Å². The Kier molecular flexibility index (Phi) is 6.38. The van der Waals surface area contributed by atoms with Crippen molar-refractivity contribution < 1.29 is 31.5 Å². The lowest BCUT2D eigenvalue weighted by molar-refractivity contribution is -0.150. The molecule has 3 amide bonds. The van der Waals surface area contributed by atoms with Gasteiger partial charge in [-0.25, -0.2) is 18.6 Å². The molecule has 0 bridgehead atoms. The molecule has 0 spiro atoms. The van der Waals surface area contributed by atoms with Gasteiger partial charge in [0.2, 0.25) is 11.8 Å². The van der Waals surface area contributed by atoms with Crippen LogP contribution in [0.5, 0.6) is 0 Å². The second-order valence-electron chi connectivity index (χ2n) is 8.85. The number of pyridine rings is 1. The summed E-state index contributed by atoms with van der Waals surface area (Å²) in [4.78, 5) is 29.8. The van der Waals surface area contributed by atoms with E-state index in [1.807, 2.05) is 5.32 Å². The van der Waals surface area contributed by atoms with Gasteiger partial charge in [-0.15, -0.1) is 0 Å². The Morgan fingerprint density at radius 2 is 1.94 bits per heavy atom. The molecule has 0 aromatic carbocycles. The summed E-state index contributed by atoms with van der Waals surface area (Å²) in [6, 6.07) is -0.839. The van der Waals surface area contributed by atoms with Crippen LogP contribution in [0.25, 0.3) is 0 Å². The Balaban J connectivity index is 1.69. The van der Waals surface area contributed by atoms with Crippen molar-refractivity contribution >= 4 is 17.8 Å². The van der Waals surface area contributed by atoms with Gasteiger partial charge in [0, 0.05) is 19.0 Å². The Morgan fingerprint density at radius 1 is 1.31 bits per heavy atom. The van der Waals surface area contributed by atoms with Crippen LogP contribution in [-0.2, 0) is 10.3 Å². The molecule has 1 saturated carbocycles. The molecule has 1 aliphatic carbocycles. The van der Waals surface area contributed by atoms with Crippen LogP contribution in [0, 0.1) is 5.92 Å². The lowest BCUT2D eigenvalue weighted by atomic mass is 9.82. The standard InChI is InChI=1S/C20H26F5N5O2/c1-18(2,30-10-13(20(23,24)25)28-17(30)32)12-5-8-27-14(9-12)29-16(31)15(26)11-3-6-19(21,22)7-4-11/h5,8-9,11,13,15H,3-4,6-7,10,26H2,1-2H3,(H,28,32)(H,27,29,31)/t13-,15+/m0/s1. The molecular weight excluding hydrogens is 437 g/mol. The number of nitrogens with zero attached hydrogens (tertiary/aromatic N) is 2. The number of hydrogen-bond acceptors (Lipinski definition) is 4. The van der Waals surface area contributed by atoms with E-state index in [4.69, 9.17) is 5.73 Å². The third-order valence-corrected chi connectivity index (χ3v) is 6.27. The highest BCUT2D eigenvalue weighted by Crippen LogP contribution is 2.37. The van der Waals surface area contributed by atoms with Crippen LogP contribution < -0.4 is 16.4 Å². The molecule has 4 N–H and O–H groups in total. The predicted octanol–water partition coefficient (Wildman–Crippen LogP) is 3.36. The molecular formula is C20H26F5N5O2. The van der Waals surface area contributed by atoms with Gasteiger partial charge in [0.1, 0.15) is 11.9 Å². The van der Waals surface area contributed by atoms with E-state index < -0.39 is 48.2 Å². The molecule has 7 nitrogen and oxygen atoms in total. The van der Waals surface area contributed by atoms with E-state index in [9.17, 15) is 31.5 Å². The summed E-state index contributed by atoms with van der Waals surface area (Å²) in [5.74, 6) is -3.61. The summed E-state index contributed by atoms with van der Waals surface area (Å²) in [5, 5.41) is 4.48. The SMILES string of the molecule is CC(C)(c1ccnc(NC(=O)[C@H](N)C2CCC(F)(F)CC2)c1)N1C[C@@H](C(F)(F)F)NC1=O. The first-order valence-electron chi connectivity index (χ1n) is 10.3. The smallest absolute Gasteiger partial charge is 0.324 e. The molecule has 1 aliphatic heterocycles. The van der Waals surface area contributed by atoms with Gasteiger partial charge in [-0.1, -0.05) is 0 Å². The summed E-state index contributed by atoms with van der Waals surface area (Å²) in [6.45, 7) is 2.61. The van der Waals surface area contributed by atoms with Crippen molar-refractivity contribution in [3.05, 3.63) is 23.9 Å². The van der Waals surface area contributed by atoms with E-state index in [1.165, 1.54) is 18.3 Å². The number of rotatable bonds is 5. The minimum Gasteiger partial charge on any atom is -0.324 e. The fourth-order valence-corrected chi connectivity index (χ4v) is 4.09. The quantitative estimate of drug-likeness (QED) is 0.583. The molecule has 178 valence electrons. The molecule has 3 rings (SSSR count). The van der Waals surface area contributed by atoms with Crippen molar-refractivity contribution in [2.24, 2.45) is 11.7 Å². The Hall–Kier alpha value is -2.50. The second kappa shape index (κ2) is 8.45. The van der Waals surface area contributed by atoms with Crippen LogP contribution in [0.2, 0.25) is 0 Å². The van der Waals surface area contributed by atoms with Gasteiger partial charge in [-0.05, 0) is 50.3 Å². The van der Waals surface area contributed by atoms with E-state index in [-0.39, 0.29) is 37.4 Å². The maximum absolute atomic E-state index is 13.3. The van der Waals surface area contributed by atoms with Crippen molar-refractivity contribution in [2.45, 2.75) is 69.3 Å². The first kappa shape index (κ1) is 24.1. The molecule has 32 heavy (non-hydrogen) atoms. The van der Waals surface area contributed by atoms with Crippen LogP contribution in [-0.4, -0.2) is 52.5 Å². The lowest BCUT2D eigenvalue weighted by Gasteiger charge is -2.35. The number of nitrogens with two attached hydrogens (primary N) is 1. The Labute approximate surface area is 181 Å². The van der Waals surface area contributed by atoms with Gasteiger partial charge in [0.25, 0.3) is 0 Å². The number of urea groups is 1. The molecule has 1 aromatic rings. The zero-order valence-corrected chi connectivity index (χ0v) is 17.7. The number of alkyl halides is 5. The summed E-state index contributed by atoms with van der Waals surface area (Å²) in [5.41, 5.74) is 5.29. The minimum absolute atomic E-state index is 0.101. The summed E-state index contributed by atoms with van der Waals surface area (Å²) >= 11 is 0. The van der Waals surface area contributed by atoms with E-state index in [0.717, 1.165) is 4.90 Å². The first-order chi connectivity index (χ1) is 14.7. The molecule has 0 radical (unpaired) electrons. The molecule has 2 aliphatic rings. The van der Waals surface area contributed by atoms with Crippen LogP contribution in [0.15, 0.2) is 18.3 Å². The average molecular weight is 463 g/mol. The van der Waals surface area contributed by atoms with Gasteiger partial charge < -0.3 is 21.3 Å². The molecule has 2 heterocycles. The highest BCUT2D eigenvalue weighted by molar-refractivity contribution is 5.94. The van der Waals surface area contributed by atoms with Gasteiger partial charge in [0.05, 0.1) is 18.1 Å². The number of carbonyl (C=O) groups is 2. The maximum Gasteiger partial charge on any atom is 0.410 e. The van der Waals surface area contributed by atoms with E-state index in [1.54, 1.807) is 13.8 Å². The fourth-order valence-electron chi connectivity index (χ4n) is 4.09. The third-order valence-electron chi connectivity index (χ3n) is 6.27. The van der Waals surface area contributed by atoms with Gasteiger partial charge in [-0.2, -0.15) is 13.2 Å². The zero-order valence-electron chi connectivity index (χ0n) is 17.7. The molecule has 2 atom stereocenters. The first-order valence-corrected chi connectivity index (χ1v) is 10.3. The average Bonchev–Trinajstić information content (AvgIpc) is 3.10. The number of anilines is 1. The van der Waals surface area contributed by atoms with Crippen LogP contribution in [0.3, 0.4) is 0 Å². The third kappa shape index (κ3) is 5.11. The van der Waals surface area contributed by atoms with Crippen molar-refractivity contribution in [2.75, 3.05) is 11.9 Å². The maximum atomic E-state index is 13.3. The Morgan fingerprint density at radius 3 is 2.50 bits per heavy atom. The number of carbonyl (C=O) groups excluding carboxylic acids is 2. The second-order valence-corrected chi connectivity index (χ2v) is 8.85.